The van der Waals surface area contributed by atoms with Gasteiger partial charge in [0.15, 0.2) is 6.17 Å². The number of amidine groups is 2. The van der Waals surface area contributed by atoms with Gasteiger partial charge in [0.05, 0.1) is 0 Å². The van der Waals surface area contributed by atoms with Crippen molar-refractivity contribution < 1.29 is 4.42 Å². The summed E-state index contributed by atoms with van der Waals surface area (Å²) in [6, 6.07) is 65.8. The minimum absolute atomic E-state index is 0.490. The Morgan fingerprint density at radius 2 is 0.906 bits per heavy atom. The standard InChI is InChI=1S/C49H33N3O/c1-3-10-32(11-4-1)35-18-20-36(21-19-35)37-22-25-38(26-23-37)47-50-48(41-27-24-34-14-7-8-15-39(34)30-41)52-49(51-47)43-16-9-17-44-46(43)42-29-28-40(31-45(42)53-44)33-12-5-2-6-13-33/h1-31,49H,(H,50,51,52). The topological polar surface area (TPSA) is 49.9 Å². The van der Waals surface area contributed by atoms with Crippen molar-refractivity contribution in [2.24, 2.45) is 9.98 Å². The molecule has 9 aromatic rings. The van der Waals surface area contributed by atoms with E-state index in [1.54, 1.807) is 0 Å². The molecule has 1 N–H and O–H groups in total. The molecule has 0 saturated carbocycles. The molecule has 1 aliphatic heterocycles. The number of nitrogens with one attached hydrogen (secondary N) is 1. The third-order valence-corrected chi connectivity index (χ3v) is 10.2. The largest absolute Gasteiger partial charge is 0.456 e. The highest BCUT2D eigenvalue weighted by Gasteiger charge is 2.24. The van der Waals surface area contributed by atoms with Crippen LogP contribution in [0.2, 0.25) is 0 Å². The monoisotopic (exact) mass is 679 g/mol. The van der Waals surface area contributed by atoms with Crippen molar-refractivity contribution in [2.75, 3.05) is 0 Å². The van der Waals surface area contributed by atoms with Gasteiger partial charge in [-0.1, -0.05) is 164 Å². The van der Waals surface area contributed by atoms with E-state index in [-0.39, 0.29) is 0 Å². The molecule has 0 fully saturated rings. The lowest BCUT2D eigenvalue weighted by Gasteiger charge is -2.23. The molecule has 0 amide bonds. The van der Waals surface area contributed by atoms with Crippen molar-refractivity contribution in [2.45, 2.75) is 6.17 Å². The molecule has 4 nitrogen and oxygen atoms in total. The highest BCUT2D eigenvalue weighted by molar-refractivity contribution is 6.17. The summed E-state index contributed by atoms with van der Waals surface area (Å²) in [5.74, 6) is 1.55. The second kappa shape index (κ2) is 12.9. The smallest absolute Gasteiger partial charge is 0.170 e. The zero-order valence-corrected chi connectivity index (χ0v) is 28.8. The first-order valence-corrected chi connectivity index (χ1v) is 17.9. The number of rotatable bonds is 6. The van der Waals surface area contributed by atoms with E-state index >= 15 is 0 Å². The lowest BCUT2D eigenvalue weighted by Crippen LogP contribution is -2.36. The van der Waals surface area contributed by atoms with Crippen LogP contribution in [0.25, 0.3) is 66.1 Å². The number of hydrogen-bond donors (Lipinski definition) is 1. The minimum Gasteiger partial charge on any atom is -0.456 e. The summed E-state index contributed by atoms with van der Waals surface area (Å²) in [6.07, 6.45) is -0.490. The summed E-state index contributed by atoms with van der Waals surface area (Å²) in [7, 11) is 0. The summed E-state index contributed by atoms with van der Waals surface area (Å²) < 4.78 is 6.49. The molecule has 8 aromatic carbocycles. The van der Waals surface area contributed by atoms with E-state index in [4.69, 9.17) is 14.4 Å². The van der Waals surface area contributed by atoms with Crippen LogP contribution in [0.4, 0.5) is 0 Å². The third-order valence-electron chi connectivity index (χ3n) is 10.2. The summed E-state index contributed by atoms with van der Waals surface area (Å²) in [4.78, 5) is 10.6. The van der Waals surface area contributed by atoms with E-state index in [2.05, 4.69) is 169 Å². The van der Waals surface area contributed by atoms with Crippen LogP contribution < -0.4 is 5.32 Å². The van der Waals surface area contributed by atoms with Gasteiger partial charge in [0.1, 0.15) is 22.8 Å². The van der Waals surface area contributed by atoms with Crippen molar-refractivity contribution in [3.63, 3.8) is 0 Å². The van der Waals surface area contributed by atoms with E-state index in [0.29, 0.717) is 0 Å². The molecule has 0 bridgehead atoms. The number of nitrogens with zero attached hydrogens (tertiary/aromatic N) is 2. The normalized spacial score (nSPS) is 14.2. The van der Waals surface area contributed by atoms with Gasteiger partial charge in [0.25, 0.3) is 0 Å². The van der Waals surface area contributed by atoms with Gasteiger partial charge in [0, 0.05) is 27.5 Å². The number of hydrogen-bond acceptors (Lipinski definition) is 4. The molecule has 1 aliphatic rings. The van der Waals surface area contributed by atoms with Crippen LogP contribution >= 0.6 is 0 Å². The lowest BCUT2D eigenvalue weighted by atomic mass is 9.99. The van der Waals surface area contributed by atoms with Crippen molar-refractivity contribution in [3.8, 4) is 33.4 Å². The summed E-state index contributed by atoms with van der Waals surface area (Å²) in [5.41, 5.74) is 11.7. The van der Waals surface area contributed by atoms with Crippen LogP contribution in [0.3, 0.4) is 0 Å². The molecule has 2 heterocycles. The summed E-state index contributed by atoms with van der Waals surface area (Å²) in [6.45, 7) is 0. The van der Waals surface area contributed by atoms with Gasteiger partial charge in [-0.25, -0.2) is 9.98 Å². The quantitative estimate of drug-likeness (QED) is 0.190. The summed E-state index contributed by atoms with van der Waals surface area (Å²) in [5, 5.41) is 8.06. The highest BCUT2D eigenvalue weighted by atomic mass is 16.3. The first kappa shape index (κ1) is 30.8. The van der Waals surface area contributed by atoms with Crippen LogP contribution in [0.1, 0.15) is 22.9 Å². The van der Waals surface area contributed by atoms with Crippen LogP contribution in [-0.4, -0.2) is 11.7 Å². The van der Waals surface area contributed by atoms with E-state index < -0.39 is 6.17 Å². The average Bonchev–Trinajstić information content (AvgIpc) is 3.62. The Bertz CT molecular complexity index is 2830. The Kier molecular flexibility index (Phi) is 7.51. The molecule has 1 aromatic heterocycles. The SMILES string of the molecule is c1ccc(-c2ccc(-c3ccc(C4=NC(c5cccc6oc7cc(-c8ccccc8)ccc7c56)N=C(c5ccc6ccccc6c5)N4)cc3)cc2)cc1. The zero-order valence-electron chi connectivity index (χ0n) is 28.8. The van der Waals surface area contributed by atoms with Crippen molar-refractivity contribution in [3.05, 3.63) is 205 Å². The van der Waals surface area contributed by atoms with Gasteiger partial charge in [-0.05, 0) is 68.4 Å². The Morgan fingerprint density at radius 1 is 0.377 bits per heavy atom. The van der Waals surface area contributed by atoms with Crippen molar-refractivity contribution in [1.29, 1.82) is 0 Å². The third kappa shape index (κ3) is 5.77. The van der Waals surface area contributed by atoms with Gasteiger partial charge < -0.3 is 9.73 Å². The fourth-order valence-electron chi connectivity index (χ4n) is 7.40. The van der Waals surface area contributed by atoms with E-state index in [9.17, 15) is 0 Å². The molecule has 4 heteroatoms. The van der Waals surface area contributed by atoms with Gasteiger partial charge in [-0.2, -0.15) is 0 Å². The molecule has 0 spiro atoms. The molecular weight excluding hydrogens is 647 g/mol. The van der Waals surface area contributed by atoms with Gasteiger partial charge in [-0.3, -0.25) is 0 Å². The minimum atomic E-state index is -0.490. The van der Waals surface area contributed by atoms with E-state index in [1.165, 1.54) is 22.1 Å². The van der Waals surface area contributed by atoms with Crippen molar-refractivity contribution >= 4 is 44.4 Å². The lowest BCUT2D eigenvalue weighted by molar-refractivity contribution is 0.668. The first-order valence-electron chi connectivity index (χ1n) is 17.9. The molecule has 1 atom stereocenters. The number of benzene rings is 8. The van der Waals surface area contributed by atoms with Crippen LogP contribution in [0, 0.1) is 0 Å². The number of fused-ring (bicyclic) bond motifs is 4. The molecule has 250 valence electrons. The predicted molar refractivity (Wildman–Crippen MR) is 219 cm³/mol. The molecule has 1 unspecified atom stereocenters. The maximum atomic E-state index is 6.49. The Morgan fingerprint density at radius 3 is 1.58 bits per heavy atom. The zero-order chi connectivity index (χ0) is 35.1. The van der Waals surface area contributed by atoms with E-state index in [1.807, 2.05) is 24.3 Å². The fourth-order valence-corrected chi connectivity index (χ4v) is 7.40. The van der Waals surface area contributed by atoms with Crippen LogP contribution in [0.5, 0.6) is 0 Å². The fraction of sp³-hybridized carbons (Fsp3) is 0.0204. The van der Waals surface area contributed by atoms with Gasteiger partial charge in [0.2, 0.25) is 0 Å². The molecular formula is C49H33N3O. The molecule has 53 heavy (non-hydrogen) atoms. The highest BCUT2D eigenvalue weighted by Crippen LogP contribution is 2.38. The molecule has 10 rings (SSSR count). The van der Waals surface area contributed by atoms with E-state index in [0.717, 1.165) is 72.4 Å². The Labute approximate surface area is 307 Å². The van der Waals surface area contributed by atoms with Crippen LogP contribution in [0.15, 0.2) is 202 Å². The summed E-state index contributed by atoms with van der Waals surface area (Å²) >= 11 is 0. The molecule has 0 aliphatic carbocycles. The predicted octanol–water partition coefficient (Wildman–Crippen LogP) is 12.2. The maximum absolute atomic E-state index is 6.49. The van der Waals surface area contributed by atoms with Gasteiger partial charge in [-0.15, -0.1) is 0 Å². The van der Waals surface area contributed by atoms with Crippen LogP contribution in [-0.2, 0) is 0 Å². The number of furan rings is 1. The molecule has 0 radical (unpaired) electrons. The second-order valence-electron chi connectivity index (χ2n) is 13.4. The number of aliphatic imine (C=N–C) groups is 2. The van der Waals surface area contributed by atoms with Crippen molar-refractivity contribution in [1.82, 2.24) is 5.32 Å². The van der Waals surface area contributed by atoms with Gasteiger partial charge >= 0.3 is 0 Å². The Balaban J connectivity index is 1.05. The first-order chi connectivity index (χ1) is 26.2. The maximum Gasteiger partial charge on any atom is 0.170 e. The second-order valence-corrected chi connectivity index (χ2v) is 13.4. The molecule has 0 saturated heterocycles. The Hall–Kier alpha value is -7.04. The average molecular weight is 680 g/mol.